The molecule has 1 saturated carbocycles. The normalized spacial score (nSPS) is 21.7. The minimum atomic E-state index is -0.202. The van der Waals surface area contributed by atoms with Crippen LogP contribution in [0.5, 0.6) is 0 Å². The molecule has 1 amide bonds. The van der Waals surface area contributed by atoms with Crippen molar-refractivity contribution in [2.75, 3.05) is 19.7 Å². The second-order valence-corrected chi connectivity index (χ2v) is 6.78. The molecule has 2 aliphatic rings. The lowest BCUT2D eigenvalue weighted by atomic mass is 9.56. The number of aliphatic hydroxyl groups excluding tert-OH is 1. The Hall–Kier alpha value is -1.42. The number of aliphatic hydroxyl groups is 1. The first-order chi connectivity index (χ1) is 10.2. The van der Waals surface area contributed by atoms with E-state index in [1.54, 1.807) is 0 Å². The van der Waals surface area contributed by atoms with Gasteiger partial charge in [0.25, 0.3) is 0 Å². The van der Waals surface area contributed by atoms with Gasteiger partial charge in [-0.15, -0.1) is 0 Å². The van der Waals surface area contributed by atoms with Gasteiger partial charge in [0.05, 0.1) is 12.5 Å². The van der Waals surface area contributed by atoms with Crippen LogP contribution in [0, 0.1) is 17.3 Å². The fourth-order valence-corrected chi connectivity index (χ4v) is 3.94. The third-order valence-corrected chi connectivity index (χ3v) is 5.09. The summed E-state index contributed by atoms with van der Waals surface area (Å²) in [6.45, 7) is 3.71. The molecule has 0 radical (unpaired) electrons. The zero-order valence-corrected chi connectivity index (χ0v) is 12.7. The number of pyridine rings is 1. The molecule has 1 aliphatic heterocycles. The molecule has 1 aliphatic carbocycles. The number of rotatable bonds is 5. The molecule has 2 fully saturated rings. The molecule has 4 heteroatoms. The monoisotopic (exact) mass is 288 g/mol. The van der Waals surface area contributed by atoms with Crippen molar-refractivity contribution in [2.45, 2.75) is 32.6 Å². The van der Waals surface area contributed by atoms with Gasteiger partial charge < -0.3 is 10.0 Å². The molecule has 0 unspecified atom stereocenters. The number of hydrogen-bond donors (Lipinski definition) is 1. The van der Waals surface area contributed by atoms with Crippen molar-refractivity contribution in [2.24, 2.45) is 17.3 Å². The molecular formula is C17H24N2O2. The topological polar surface area (TPSA) is 53.4 Å². The molecule has 1 aromatic rings. The van der Waals surface area contributed by atoms with Gasteiger partial charge in [0.2, 0.25) is 5.91 Å². The first-order valence-corrected chi connectivity index (χ1v) is 7.95. The average molecular weight is 288 g/mol. The summed E-state index contributed by atoms with van der Waals surface area (Å²) in [6.07, 6.45) is 6.06. The van der Waals surface area contributed by atoms with Crippen molar-refractivity contribution in [1.29, 1.82) is 0 Å². The highest BCUT2D eigenvalue weighted by Gasteiger charge is 2.53. The van der Waals surface area contributed by atoms with Crippen LogP contribution in [0.2, 0.25) is 0 Å². The molecule has 1 N–H and O–H groups in total. The van der Waals surface area contributed by atoms with Crippen LogP contribution in [-0.4, -0.2) is 40.6 Å². The second kappa shape index (κ2) is 5.76. The number of nitrogens with zero attached hydrogens (tertiary/aromatic N) is 2. The molecular weight excluding hydrogens is 264 g/mol. The minimum Gasteiger partial charge on any atom is -0.396 e. The summed E-state index contributed by atoms with van der Waals surface area (Å²) in [4.78, 5) is 18.5. The molecule has 3 rings (SSSR count). The molecule has 1 atom stereocenters. The predicted molar refractivity (Wildman–Crippen MR) is 80.5 cm³/mol. The summed E-state index contributed by atoms with van der Waals surface area (Å²) >= 11 is 0. The number of carbonyl (C=O) groups is 1. The molecule has 1 aromatic heterocycles. The lowest BCUT2D eigenvalue weighted by molar-refractivity contribution is -0.160. The molecule has 114 valence electrons. The van der Waals surface area contributed by atoms with E-state index < -0.39 is 0 Å². The summed E-state index contributed by atoms with van der Waals surface area (Å²) in [5.41, 5.74) is 1.55. The lowest BCUT2D eigenvalue weighted by Gasteiger charge is -2.59. The van der Waals surface area contributed by atoms with E-state index in [0.717, 1.165) is 31.8 Å². The predicted octanol–water partition coefficient (Wildman–Crippen LogP) is 1.88. The van der Waals surface area contributed by atoms with Crippen LogP contribution in [0.4, 0.5) is 0 Å². The van der Waals surface area contributed by atoms with Crippen LogP contribution in [-0.2, 0) is 11.2 Å². The summed E-state index contributed by atoms with van der Waals surface area (Å²) in [6, 6.07) is 6.08. The Balaban J connectivity index is 1.45. The Morgan fingerprint density at radius 1 is 1.48 bits per heavy atom. The highest BCUT2D eigenvalue weighted by atomic mass is 16.3. The van der Waals surface area contributed by atoms with Gasteiger partial charge in [0.1, 0.15) is 0 Å². The SMILES string of the molecule is CC[C@H](CO)C(=O)N1CC2(CC(Cc3ccccn3)C2)C1. The minimum absolute atomic E-state index is 0.0267. The first-order valence-electron chi connectivity index (χ1n) is 7.95. The Morgan fingerprint density at radius 2 is 2.24 bits per heavy atom. The zero-order chi connectivity index (χ0) is 14.9. The Bertz CT molecular complexity index is 485. The standard InChI is InChI=1S/C17H24N2O2/c1-2-14(10-20)16(21)19-11-17(12-19)8-13(9-17)7-15-5-3-4-6-18-15/h3-6,13-14,20H,2,7-12H2,1H3/t14-/m1/s1. The van der Waals surface area contributed by atoms with E-state index in [0.29, 0.717) is 5.41 Å². The van der Waals surface area contributed by atoms with E-state index in [9.17, 15) is 9.90 Å². The van der Waals surface area contributed by atoms with Crippen LogP contribution in [0.15, 0.2) is 24.4 Å². The van der Waals surface area contributed by atoms with Gasteiger partial charge in [-0.2, -0.15) is 0 Å². The van der Waals surface area contributed by atoms with E-state index in [4.69, 9.17) is 0 Å². The van der Waals surface area contributed by atoms with Gasteiger partial charge in [-0.05, 0) is 43.7 Å². The maximum atomic E-state index is 12.1. The molecule has 21 heavy (non-hydrogen) atoms. The van der Waals surface area contributed by atoms with Crippen molar-refractivity contribution >= 4 is 5.91 Å². The van der Waals surface area contributed by atoms with Gasteiger partial charge in [-0.1, -0.05) is 13.0 Å². The van der Waals surface area contributed by atoms with E-state index in [1.807, 2.05) is 30.2 Å². The van der Waals surface area contributed by atoms with Crippen LogP contribution in [0.3, 0.4) is 0 Å². The van der Waals surface area contributed by atoms with Crippen molar-refractivity contribution in [3.8, 4) is 0 Å². The summed E-state index contributed by atoms with van der Waals surface area (Å²) < 4.78 is 0. The highest BCUT2D eigenvalue weighted by Crippen LogP contribution is 2.53. The highest BCUT2D eigenvalue weighted by molar-refractivity contribution is 5.80. The lowest BCUT2D eigenvalue weighted by Crippen LogP contribution is -2.64. The van der Waals surface area contributed by atoms with E-state index in [-0.39, 0.29) is 18.4 Å². The molecule has 0 aromatic carbocycles. The van der Waals surface area contributed by atoms with Crippen molar-refractivity contribution < 1.29 is 9.90 Å². The van der Waals surface area contributed by atoms with Gasteiger partial charge in [-0.25, -0.2) is 0 Å². The third-order valence-electron chi connectivity index (χ3n) is 5.09. The van der Waals surface area contributed by atoms with Crippen molar-refractivity contribution in [3.63, 3.8) is 0 Å². The fourth-order valence-electron chi connectivity index (χ4n) is 3.94. The van der Waals surface area contributed by atoms with E-state index in [1.165, 1.54) is 18.5 Å². The van der Waals surface area contributed by atoms with Crippen molar-refractivity contribution in [1.82, 2.24) is 9.88 Å². The zero-order valence-electron chi connectivity index (χ0n) is 12.7. The van der Waals surface area contributed by atoms with Gasteiger partial charge in [0.15, 0.2) is 0 Å². The Morgan fingerprint density at radius 3 is 2.81 bits per heavy atom. The Kier molecular flexibility index (Phi) is 3.98. The number of aromatic nitrogens is 1. The van der Waals surface area contributed by atoms with Gasteiger partial charge >= 0.3 is 0 Å². The molecule has 0 bridgehead atoms. The van der Waals surface area contributed by atoms with Gasteiger partial charge in [0, 0.05) is 30.4 Å². The maximum absolute atomic E-state index is 12.1. The smallest absolute Gasteiger partial charge is 0.228 e. The Labute approximate surface area is 126 Å². The first kappa shape index (κ1) is 14.5. The number of amides is 1. The van der Waals surface area contributed by atoms with Crippen LogP contribution in [0.25, 0.3) is 0 Å². The molecule has 4 nitrogen and oxygen atoms in total. The van der Waals surface area contributed by atoms with E-state index >= 15 is 0 Å². The van der Waals surface area contributed by atoms with E-state index in [2.05, 4.69) is 11.1 Å². The summed E-state index contributed by atoms with van der Waals surface area (Å²) in [7, 11) is 0. The van der Waals surface area contributed by atoms with Gasteiger partial charge in [-0.3, -0.25) is 9.78 Å². The largest absolute Gasteiger partial charge is 0.396 e. The maximum Gasteiger partial charge on any atom is 0.228 e. The summed E-state index contributed by atoms with van der Waals surface area (Å²) in [5, 5.41) is 9.22. The van der Waals surface area contributed by atoms with Crippen LogP contribution < -0.4 is 0 Å². The molecule has 1 spiro atoms. The molecule has 1 saturated heterocycles. The number of carbonyl (C=O) groups excluding carboxylic acids is 1. The third kappa shape index (κ3) is 2.82. The van der Waals surface area contributed by atoms with Crippen molar-refractivity contribution in [3.05, 3.63) is 30.1 Å². The second-order valence-electron chi connectivity index (χ2n) is 6.78. The summed E-state index contributed by atoms with van der Waals surface area (Å²) in [5.74, 6) is 0.655. The van der Waals surface area contributed by atoms with Crippen LogP contribution in [0.1, 0.15) is 31.9 Å². The quantitative estimate of drug-likeness (QED) is 0.900. The van der Waals surface area contributed by atoms with Crippen LogP contribution >= 0.6 is 0 Å². The average Bonchev–Trinajstić information content (AvgIpc) is 2.42. The fraction of sp³-hybridized carbons (Fsp3) is 0.647. The number of likely N-dealkylation sites (tertiary alicyclic amines) is 1. The number of hydrogen-bond acceptors (Lipinski definition) is 3. The molecule has 2 heterocycles.